The maximum Gasteiger partial charge on any atom is 0.123 e. The molecule has 1 aliphatic carbocycles. The average Bonchev–Trinajstić information content (AvgIpc) is 2.89. The lowest BCUT2D eigenvalue weighted by Crippen LogP contribution is -2.18. The average molecular weight is 271 g/mol. The molecule has 0 bridgehead atoms. The largest absolute Gasteiger partial charge is 0.497 e. The molecule has 2 aromatic carbocycles. The van der Waals surface area contributed by atoms with Crippen molar-refractivity contribution in [2.75, 3.05) is 7.11 Å². The van der Waals surface area contributed by atoms with Crippen LogP contribution in [0.1, 0.15) is 29.2 Å². The van der Waals surface area contributed by atoms with Gasteiger partial charge in [-0.25, -0.2) is 4.39 Å². The summed E-state index contributed by atoms with van der Waals surface area (Å²) in [7, 11) is 1.69. The number of ether oxygens (including phenoxy) is 1. The number of rotatable bonds is 4. The molecule has 1 aliphatic rings. The third-order valence-corrected chi connectivity index (χ3v) is 3.90. The molecule has 0 spiro atoms. The van der Waals surface area contributed by atoms with Gasteiger partial charge in [-0.3, -0.25) is 0 Å². The van der Waals surface area contributed by atoms with Gasteiger partial charge in [0.2, 0.25) is 0 Å². The molecule has 3 rings (SSSR count). The van der Waals surface area contributed by atoms with E-state index < -0.39 is 0 Å². The van der Waals surface area contributed by atoms with Gasteiger partial charge in [0.1, 0.15) is 11.6 Å². The van der Waals surface area contributed by atoms with Gasteiger partial charge in [-0.2, -0.15) is 0 Å². The van der Waals surface area contributed by atoms with Crippen molar-refractivity contribution in [2.24, 2.45) is 0 Å². The molecule has 0 amide bonds. The fourth-order valence-corrected chi connectivity index (χ4v) is 2.76. The van der Waals surface area contributed by atoms with E-state index in [4.69, 9.17) is 4.74 Å². The van der Waals surface area contributed by atoms with Crippen LogP contribution in [0.3, 0.4) is 0 Å². The predicted molar refractivity (Wildman–Crippen MR) is 77.3 cm³/mol. The highest BCUT2D eigenvalue weighted by Gasteiger charge is 2.22. The van der Waals surface area contributed by atoms with Crippen molar-refractivity contribution in [3.63, 3.8) is 0 Å². The van der Waals surface area contributed by atoms with Crippen LogP contribution in [0, 0.1) is 5.82 Å². The number of hydrogen-bond donors (Lipinski definition) is 1. The van der Waals surface area contributed by atoms with Crippen LogP contribution in [0.4, 0.5) is 4.39 Å². The van der Waals surface area contributed by atoms with Crippen molar-refractivity contribution in [1.82, 2.24) is 5.32 Å². The second-order valence-corrected chi connectivity index (χ2v) is 5.16. The van der Waals surface area contributed by atoms with Crippen LogP contribution in [-0.2, 0) is 13.0 Å². The third kappa shape index (κ3) is 2.68. The summed E-state index contributed by atoms with van der Waals surface area (Å²) >= 11 is 0. The number of methoxy groups -OCH3 is 1. The standard InChI is InChI=1S/C17H18FNO/c1-20-15-8-4-13-5-9-17(16(13)10-15)19-11-12-2-6-14(18)7-3-12/h2-4,6-8,10,17,19H,5,9,11H2,1H3. The van der Waals surface area contributed by atoms with E-state index in [9.17, 15) is 4.39 Å². The van der Waals surface area contributed by atoms with Gasteiger partial charge >= 0.3 is 0 Å². The van der Waals surface area contributed by atoms with Crippen molar-refractivity contribution in [3.8, 4) is 5.75 Å². The van der Waals surface area contributed by atoms with Crippen LogP contribution >= 0.6 is 0 Å². The summed E-state index contributed by atoms with van der Waals surface area (Å²) in [5, 5.41) is 3.55. The third-order valence-electron chi connectivity index (χ3n) is 3.90. The van der Waals surface area contributed by atoms with Gasteiger partial charge in [-0.1, -0.05) is 18.2 Å². The Hall–Kier alpha value is -1.87. The molecule has 104 valence electrons. The Morgan fingerprint density at radius 1 is 1.20 bits per heavy atom. The van der Waals surface area contributed by atoms with Gasteiger partial charge in [0.25, 0.3) is 0 Å². The van der Waals surface area contributed by atoms with Gasteiger partial charge in [0.15, 0.2) is 0 Å². The number of fused-ring (bicyclic) bond motifs is 1. The molecular formula is C17H18FNO. The summed E-state index contributed by atoms with van der Waals surface area (Å²) in [6, 6.07) is 13.3. The quantitative estimate of drug-likeness (QED) is 0.917. The van der Waals surface area contributed by atoms with E-state index in [0.717, 1.165) is 30.7 Å². The number of halogens is 1. The lowest BCUT2D eigenvalue weighted by Gasteiger charge is -2.15. The van der Waals surface area contributed by atoms with Gasteiger partial charge < -0.3 is 10.1 Å². The van der Waals surface area contributed by atoms with E-state index in [1.165, 1.54) is 23.3 Å². The van der Waals surface area contributed by atoms with E-state index in [0.29, 0.717) is 6.04 Å². The highest BCUT2D eigenvalue weighted by atomic mass is 19.1. The second kappa shape index (κ2) is 5.63. The molecule has 0 aromatic heterocycles. The lowest BCUT2D eigenvalue weighted by molar-refractivity contribution is 0.413. The normalized spacial score (nSPS) is 17.0. The Bertz CT molecular complexity index is 594. The summed E-state index contributed by atoms with van der Waals surface area (Å²) in [5.41, 5.74) is 3.82. The fourth-order valence-electron chi connectivity index (χ4n) is 2.76. The Morgan fingerprint density at radius 2 is 2.00 bits per heavy atom. The number of hydrogen-bond acceptors (Lipinski definition) is 2. The first-order valence-electron chi connectivity index (χ1n) is 6.91. The molecule has 0 fully saturated rings. The molecule has 1 N–H and O–H groups in total. The summed E-state index contributed by atoms with van der Waals surface area (Å²) in [6.45, 7) is 0.752. The first-order chi connectivity index (χ1) is 9.76. The highest BCUT2D eigenvalue weighted by Crippen LogP contribution is 2.33. The summed E-state index contributed by atoms with van der Waals surface area (Å²) < 4.78 is 18.2. The zero-order valence-electron chi connectivity index (χ0n) is 11.5. The maximum absolute atomic E-state index is 12.9. The molecule has 0 heterocycles. The van der Waals surface area contributed by atoms with Gasteiger partial charge in [0, 0.05) is 12.6 Å². The van der Waals surface area contributed by atoms with E-state index in [1.54, 1.807) is 7.11 Å². The van der Waals surface area contributed by atoms with E-state index >= 15 is 0 Å². The molecule has 0 radical (unpaired) electrons. The molecule has 3 heteroatoms. The van der Waals surface area contributed by atoms with Gasteiger partial charge in [0.05, 0.1) is 7.11 Å². The van der Waals surface area contributed by atoms with Crippen molar-refractivity contribution < 1.29 is 9.13 Å². The van der Waals surface area contributed by atoms with Crippen LogP contribution < -0.4 is 10.1 Å². The number of nitrogens with one attached hydrogen (secondary N) is 1. The highest BCUT2D eigenvalue weighted by molar-refractivity contribution is 5.40. The van der Waals surface area contributed by atoms with Crippen LogP contribution in [-0.4, -0.2) is 7.11 Å². The summed E-state index contributed by atoms with van der Waals surface area (Å²) in [6.07, 6.45) is 2.20. The van der Waals surface area contributed by atoms with Crippen molar-refractivity contribution in [2.45, 2.75) is 25.4 Å². The van der Waals surface area contributed by atoms with E-state index in [-0.39, 0.29) is 5.82 Å². The first-order valence-corrected chi connectivity index (χ1v) is 6.91. The van der Waals surface area contributed by atoms with Crippen molar-refractivity contribution in [1.29, 1.82) is 0 Å². The summed E-state index contributed by atoms with van der Waals surface area (Å²) in [4.78, 5) is 0. The monoisotopic (exact) mass is 271 g/mol. The smallest absolute Gasteiger partial charge is 0.123 e. The zero-order chi connectivity index (χ0) is 13.9. The molecule has 1 unspecified atom stereocenters. The molecule has 2 aromatic rings. The zero-order valence-corrected chi connectivity index (χ0v) is 11.5. The van der Waals surface area contributed by atoms with Crippen LogP contribution in [0.25, 0.3) is 0 Å². The molecule has 0 aliphatic heterocycles. The second-order valence-electron chi connectivity index (χ2n) is 5.16. The Labute approximate surface area is 118 Å². The molecular weight excluding hydrogens is 253 g/mol. The molecule has 1 atom stereocenters. The Kier molecular flexibility index (Phi) is 3.70. The van der Waals surface area contributed by atoms with Gasteiger partial charge in [-0.05, 0) is 53.8 Å². The minimum absolute atomic E-state index is 0.190. The van der Waals surface area contributed by atoms with E-state index in [2.05, 4.69) is 17.4 Å². The number of aryl methyl sites for hydroxylation is 1. The minimum Gasteiger partial charge on any atom is -0.497 e. The molecule has 2 nitrogen and oxygen atoms in total. The van der Waals surface area contributed by atoms with Crippen LogP contribution in [0.5, 0.6) is 5.75 Å². The Morgan fingerprint density at radius 3 is 2.75 bits per heavy atom. The van der Waals surface area contributed by atoms with E-state index in [1.807, 2.05) is 18.2 Å². The van der Waals surface area contributed by atoms with Crippen molar-refractivity contribution in [3.05, 3.63) is 65.0 Å². The summed E-state index contributed by atoms with van der Waals surface area (Å²) in [5.74, 6) is 0.712. The molecule has 20 heavy (non-hydrogen) atoms. The topological polar surface area (TPSA) is 21.3 Å². The lowest BCUT2D eigenvalue weighted by atomic mass is 10.1. The van der Waals surface area contributed by atoms with Crippen molar-refractivity contribution >= 4 is 0 Å². The molecule has 0 saturated heterocycles. The van der Waals surface area contributed by atoms with Gasteiger partial charge in [-0.15, -0.1) is 0 Å². The fraction of sp³-hybridized carbons (Fsp3) is 0.294. The first kappa shape index (κ1) is 13.1. The minimum atomic E-state index is -0.190. The molecule has 0 saturated carbocycles. The number of benzene rings is 2. The Balaban J connectivity index is 1.70. The maximum atomic E-state index is 12.9. The predicted octanol–water partition coefficient (Wildman–Crippen LogP) is 3.61. The SMILES string of the molecule is COc1ccc2c(c1)C(NCc1ccc(F)cc1)CC2. The van der Waals surface area contributed by atoms with Crippen LogP contribution in [0.15, 0.2) is 42.5 Å². The van der Waals surface area contributed by atoms with Crippen LogP contribution in [0.2, 0.25) is 0 Å².